The van der Waals surface area contributed by atoms with Gasteiger partial charge in [-0.05, 0) is 36.3 Å². The third kappa shape index (κ3) is 1.97. The van der Waals surface area contributed by atoms with E-state index in [1.807, 2.05) is 0 Å². The summed E-state index contributed by atoms with van der Waals surface area (Å²) in [5.41, 5.74) is 4.10. The van der Waals surface area contributed by atoms with Gasteiger partial charge >= 0.3 is 0 Å². The van der Waals surface area contributed by atoms with Crippen molar-refractivity contribution in [2.45, 2.75) is 38.5 Å². The van der Waals surface area contributed by atoms with E-state index >= 15 is 0 Å². The second kappa shape index (κ2) is 4.28. The van der Waals surface area contributed by atoms with Gasteiger partial charge in [-0.15, -0.1) is 0 Å². The van der Waals surface area contributed by atoms with Crippen LogP contribution in [0.15, 0.2) is 18.2 Å². The maximum Gasteiger partial charge on any atom is 0.220 e. The Labute approximate surface area is 97.1 Å². The van der Waals surface area contributed by atoms with Gasteiger partial charge in [0.2, 0.25) is 5.91 Å². The summed E-state index contributed by atoms with van der Waals surface area (Å²) in [6.07, 6.45) is 1.73. The first-order valence-corrected chi connectivity index (χ1v) is 5.93. The summed E-state index contributed by atoms with van der Waals surface area (Å²) in [5.74, 6) is 1.14. The van der Waals surface area contributed by atoms with Crippen LogP contribution in [0.3, 0.4) is 0 Å². The van der Waals surface area contributed by atoms with Gasteiger partial charge in [-0.1, -0.05) is 30.7 Å². The van der Waals surface area contributed by atoms with Crippen molar-refractivity contribution in [3.8, 4) is 0 Å². The first kappa shape index (κ1) is 11.2. The molecular weight excluding hydrogens is 198 g/mol. The smallest absolute Gasteiger partial charge is 0.220 e. The zero-order valence-corrected chi connectivity index (χ0v) is 10.2. The number of carbonyl (C=O) groups is 1. The Kier molecular flexibility index (Phi) is 2.99. The van der Waals surface area contributed by atoms with Crippen LogP contribution in [-0.2, 0) is 4.79 Å². The topological polar surface area (TPSA) is 29.1 Å². The standard InChI is InChI=1S/C14H19NO/c1-9-4-5-12-10(2)7-11(13(12)6-9)8-14(16)15-3/h4-6,10-11H,7-8H2,1-3H3,(H,15,16). The van der Waals surface area contributed by atoms with Crippen LogP contribution in [0, 0.1) is 6.92 Å². The molecule has 86 valence electrons. The van der Waals surface area contributed by atoms with Gasteiger partial charge in [-0.25, -0.2) is 0 Å². The van der Waals surface area contributed by atoms with Gasteiger partial charge in [0.1, 0.15) is 0 Å². The first-order valence-electron chi connectivity index (χ1n) is 5.93. The lowest BCUT2D eigenvalue weighted by molar-refractivity contribution is -0.121. The molecule has 2 rings (SSSR count). The van der Waals surface area contributed by atoms with Crippen molar-refractivity contribution in [2.24, 2.45) is 0 Å². The van der Waals surface area contributed by atoms with Gasteiger partial charge in [0.25, 0.3) is 0 Å². The molecule has 0 saturated heterocycles. The van der Waals surface area contributed by atoms with Crippen LogP contribution in [-0.4, -0.2) is 13.0 Å². The van der Waals surface area contributed by atoms with E-state index in [0.29, 0.717) is 18.3 Å². The van der Waals surface area contributed by atoms with Crippen molar-refractivity contribution in [1.82, 2.24) is 5.32 Å². The molecule has 1 aromatic carbocycles. The Bertz CT molecular complexity index is 411. The molecule has 2 unspecified atom stereocenters. The molecule has 1 N–H and O–H groups in total. The predicted octanol–water partition coefficient (Wildman–Crippen LogP) is 2.72. The van der Waals surface area contributed by atoms with E-state index in [-0.39, 0.29) is 5.91 Å². The van der Waals surface area contributed by atoms with Crippen molar-refractivity contribution in [2.75, 3.05) is 7.05 Å². The van der Waals surface area contributed by atoms with E-state index in [1.54, 1.807) is 7.05 Å². The van der Waals surface area contributed by atoms with Crippen LogP contribution in [0.1, 0.15) is 48.3 Å². The molecule has 1 amide bonds. The van der Waals surface area contributed by atoms with Crippen molar-refractivity contribution < 1.29 is 4.79 Å². The molecule has 0 fully saturated rings. The zero-order chi connectivity index (χ0) is 11.7. The number of benzene rings is 1. The average Bonchev–Trinajstić information content (AvgIpc) is 2.55. The second-order valence-corrected chi connectivity index (χ2v) is 4.84. The van der Waals surface area contributed by atoms with Crippen molar-refractivity contribution in [3.05, 3.63) is 34.9 Å². The normalized spacial score (nSPS) is 22.9. The summed E-state index contributed by atoms with van der Waals surface area (Å²) in [4.78, 5) is 11.5. The maximum atomic E-state index is 11.5. The zero-order valence-electron chi connectivity index (χ0n) is 10.2. The third-order valence-corrected chi connectivity index (χ3v) is 3.56. The highest BCUT2D eigenvalue weighted by Crippen LogP contribution is 2.43. The predicted molar refractivity (Wildman–Crippen MR) is 65.6 cm³/mol. The van der Waals surface area contributed by atoms with E-state index in [4.69, 9.17) is 0 Å². The fourth-order valence-electron chi connectivity index (χ4n) is 2.70. The van der Waals surface area contributed by atoms with Gasteiger partial charge in [0, 0.05) is 13.5 Å². The molecule has 2 atom stereocenters. The lowest BCUT2D eigenvalue weighted by atomic mass is 9.96. The molecule has 2 heteroatoms. The molecule has 0 heterocycles. The van der Waals surface area contributed by atoms with Gasteiger partial charge in [0.05, 0.1) is 0 Å². The fraction of sp³-hybridized carbons (Fsp3) is 0.500. The maximum absolute atomic E-state index is 11.5. The number of amides is 1. The minimum absolute atomic E-state index is 0.145. The summed E-state index contributed by atoms with van der Waals surface area (Å²) in [6, 6.07) is 6.63. The Balaban J connectivity index is 2.27. The van der Waals surface area contributed by atoms with Gasteiger partial charge in [0.15, 0.2) is 0 Å². The van der Waals surface area contributed by atoms with Crippen LogP contribution in [0.25, 0.3) is 0 Å². The highest BCUT2D eigenvalue weighted by Gasteiger charge is 2.29. The van der Waals surface area contributed by atoms with Gasteiger partial charge < -0.3 is 5.32 Å². The van der Waals surface area contributed by atoms with Crippen LogP contribution in [0.2, 0.25) is 0 Å². The average molecular weight is 217 g/mol. The molecular formula is C14H19NO. The van der Waals surface area contributed by atoms with Gasteiger partial charge in [-0.2, -0.15) is 0 Å². The quantitative estimate of drug-likeness (QED) is 0.810. The van der Waals surface area contributed by atoms with E-state index in [0.717, 1.165) is 6.42 Å². The molecule has 2 nitrogen and oxygen atoms in total. The highest BCUT2D eigenvalue weighted by atomic mass is 16.1. The molecule has 0 bridgehead atoms. The van der Waals surface area contributed by atoms with E-state index in [9.17, 15) is 4.79 Å². The van der Waals surface area contributed by atoms with Crippen LogP contribution in [0.5, 0.6) is 0 Å². The number of fused-ring (bicyclic) bond motifs is 1. The number of hydrogen-bond acceptors (Lipinski definition) is 1. The first-order chi connectivity index (χ1) is 7.61. The monoisotopic (exact) mass is 217 g/mol. The van der Waals surface area contributed by atoms with Crippen molar-refractivity contribution in [3.63, 3.8) is 0 Å². The lowest BCUT2D eigenvalue weighted by Gasteiger charge is -2.10. The lowest BCUT2D eigenvalue weighted by Crippen LogP contribution is -2.19. The summed E-state index contributed by atoms with van der Waals surface area (Å²) in [6.45, 7) is 4.36. The number of nitrogens with one attached hydrogen (secondary N) is 1. The van der Waals surface area contributed by atoms with Crippen LogP contribution < -0.4 is 5.32 Å². The summed E-state index contributed by atoms with van der Waals surface area (Å²) in [5, 5.41) is 2.71. The molecule has 0 aliphatic heterocycles. The van der Waals surface area contributed by atoms with Gasteiger partial charge in [-0.3, -0.25) is 4.79 Å². The number of carbonyl (C=O) groups excluding carboxylic acids is 1. The highest BCUT2D eigenvalue weighted by molar-refractivity contribution is 5.76. The largest absolute Gasteiger partial charge is 0.359 e. The second-order valence-electron chi connectivity index (χ2n) is 4.84. The molecule has 1 aliphatic carbocycles. The van der Waals surface area contributed by atoms with E-state index in [2.05, 4.69) is 37.4 Å². The fourth-order valence-corrected chi connectivity index (χ4v) is 2.70. The minimum Gasteiger partial charge on any atom is -0.359 e. The number of aryl methyl sites for hydroxylation is 1. The molecule has 0 aromatic heterocycles. The third-order valence-electron chi connectivity index (χ3n) is 3.56. The molecule has 0 saturated carbocycles. The Hall–Kier alpha value is -1.31. The van der Waals surface area contributed by atoms with Crippen LogP contribution >= 0.6 is 0 Å². The minimum atomic E-state index is 0.145. The number of hydrogen-bond donors (Lipinski definition) is 1. The molecule has 0 radical (unpaired) electrons. The van der Waals surface area contributed by atoms with Crippen LogP contribution in [0.4, 0.5) is 0 Å². The Morgan fingerprint density at radius 2 is 2.19 bits per heavy atom. The summed E-state index contributed by atoms with van der Waals surface area (Å²) < 4.78 is 0. The SMILES string of the molecule is CNC(=O)CC1CC(C)c2ccc(C)cc21. The summed E-state index contributed by atoms with van der Waals surface area (Å²) in [7, 11) is 1.71. The molecule has 1 aliphatic rings. The van der Waals surface area contributed by atoms with E-state index < -0.39 is 0 Å². The molecule has 0 spiro atoms. The van der Waals surface area contributed by atoms with Crippen molar-refractivity contribution >= 4 is 5.91 Å². The van der Waals surface area contributed by atoms with E-state index in [1.165, 1.54) is 16.7 Å². The molecule has 1 aromatic rings. The Morgan fingerprint density at radius 1 is 1.44 bits per heavy atom. The van der Waals surface area contributed by atoms with Crippen molar-refractivity contribution in [1.29, 1.82) is 0 Å². The number of rotatable bonds is 2. The Morgan fingerprint density at radius 3 is 2.88 bits per heavy atom. The summed E-state index contributed by atoms with van der Waals surface area (Å²) >= 11 is 0. The molecule has 16 heavy (non-hydrogen) atoms.